The molecule has 136 valence electrons. The first kappa shape index (κ1) is 17.9. The van der Waals surface area contributed by atoms with E-state index in [-0.39, 0.29) is 17.8 Å². The number of amides is 1. The fourth-order valence-electron chi connectivity index (χ4n) is 3.93. The van der Waals surface area contributed by atoms with Crippen molar-refractivity contribution in [1.82, 2.24) is 5.32 Å². The number of carbonyl (C=O) groups is 2. The number of hydrogen-bond donors (Lipinski definition) is 2. The minimum Gasteiger partial charge on any atom is -0.469 e. The maximum atomic E-state index is 11.6. The van der Waals surface area contributed by atoms with Crippen LogP contribution in [0.5, 0.6) is 0 Å². The molecule has 1 aromatic carbocycles. The van der Waals surface area contributed by atoms with Gasteiger partial charge >= 0.3 is 5.97 Å². The molecular weight excluding hydrogens is 316 g/mol. The number of aryl methyl sites for hydroxylation is 1. The van der Waals surface area contributed by atoms with Gasteiger partial charge in [0.05, 0.1) is 13.0 Å². The summed E-state index contributed by atoms with van der Waals surface area (Å²) in [4.78, 5) is 23.2. The number of rotatable bonds is 5. The Bertz CT molecular complexity index is 621. The first-order valence-corrected chi connectivity index (χ1v) is 9.36. The normalized spacial score (nSPS) is 23.3. The number of methoxy groups -OCH3 is 1. The SMILES string of the molecule is COC(=O)C1CCC(CNCc2ccc3c(c2)CCCC(=O)N3)CC1. The van der Waals surface area contributed by atoms with Crippen LogP contribution >= 0.6 is 0 Å². The molecule has 0 unspecified atom stereocenters. The fourth-order valence-corrected chi connectivity index (χ4v) is 3.93. The zero-order chi connectivity index (χ0) is 17.6. The van der Waals surface area contributed by atoms with Gasteiger partial charge in [-0.25, -0.2) is 0 Å². The number of esters is 1. The molecular formula is C20H28N2O3. The molecule has 25 heavy (non-hydrogen) atoms. The summed E-state index contributed by atoms with van der Waals surface area (Å²) in [6, 6.07) is 6.32. The van der Waals surface area contributed by atoms with Crippen LogP contribution in [-0.4, -0.2) is 25.5 Å². The Kier molecular flexibility index (Phi) is 6.08. The number of benzene rings is 1. The summed E-state index contributed by atoms with van der Waals surface area (Å²) < 4.78 is 4.84. The lowest BCUT2D eigenvalue weighted by atomic mass is 9.82. The van der Waals surface area contributed by atoms with Crippen molar-refractivity contribution >= 4 is 17.6 Å². The van der Waals surface area contributed by atoms with Gasteiger partial charge in [-0.1, -0.05) is 12.1 Å². The first-order chi connectivity index (χ1) is 12.2. The molecule has 1 aromatic rings. The van der Waals surface area contributed by atoms with Crippen molar-refractivity contribution in [3.05, 3.63) is 29.3 Å². The molecule has 1 fully saturated rings. The largest absolute Gasteiger partial charge is 0.469 e. The van der Waals surface area contributed by atoms with Gasteiger partial charge in [-0.3, -0.25) is 9.59 Å². The van der Waals surface area contributed by atoms with Crippen molar-refractivity contribution in [3.8, 4) is 0 Å². The van der Waals surface area contributed by atoms with Gasteiger partial charge in [-0.15, -0.1) is 0 Å². The number of carbonyl (C=O) groups excluding carboxylic acids is 2. The maximum Gasteiger partial charge on any atom is 0.308 e. The third-order valence-corrected chi connectivity index (χ3v) is 5.44. The molecule has 0 bridgehead atoms. The average Bonchev–Trinajstić information content (AvgIpc) is 2.82. The molecule has 0 atom stereocenters. The Labute approximate surface area is 149 Å². The summed E-state index contributed by atoms with van der Waals surface area (Å²) in [5.74, 6) is 0.803. The van der Waals surface area contributed by atoms with E-state index in [9.17, 15) is 9.59 Å². The minimum absolute atomic E-state index is 0.0523. The van der Waals surface area contributed by atoms with E-state index in [0.717, 1.165) is 57.3 Å². The van der Waals surface area contributed by atoms with Gasteiger partial charge in [0.1, 0.15) is 0 Å². The Morgan fingerprint density at radius 2 is 2.04 bits per heavy atom. The van der Waals surface area contributed by atoms with Gasteiger partial charge < -0.3 is 15.4 Å². The second-order valence-electron chi connectivity index (χ2n) is 7.26. The zero-order valence-electron chi connectivity index (χ0n) is 15.0. The van der Waals surface area contributed by atoms with Crippen LogP contribution in [0.4, 0.5) is 5.69 Å². The fraction of sp³-hybridized carbons (Fsp3) is 0.600. The molecule has 5 heteroatoms. The third-order valence-electron chi connectivity index (χ3n) is 5.44. The van der Waals surface area contributed by atoms with Crippen LogP contribution in [-0.2, 0) is 27.3 Å². The molecule has 2 N–H and O–H groups in total. The highest BCUT2D eigenvalue weighted by Crippen LogP contribution is 2.29. The molecule has 1 aliphatic heterocycles. The van der Waals surface area contributed by atoms with Gasteiger partial charge in [0.2, 0.25) is 5.91 Å². The molecule has 1 heterocycles. The molecule has 0 spiro atoms. The molecule has 2 aliphatic rings. The first-order valence-electron chi connectivity index (χ1n) is 9.36. The summed E-state index contributed by atoms with van der Waals surface area (Å²) in [6.45, 7) is 1.83. The number of anilines is 1. The van der Waals surface area contributed by atoms with Crippen molar-refractivity contribution in [2.75, 3.05) is 19.0 Å². The van der Waals surface area contributed by atoms with Gasteiger partial charge in [0, 0.05) is 18.7 Å². The van der Waals surface area contributed by atoms with E-state index in [1.165, 1.54) is 18.2 Å². The molecule has 5 nitrogen and oxygen atoms in total. The molecule has 1 aliphatic carbocycles. The molecule has 0 aromatic heterocycles. The van der Waals surface area contributed by atoms with Crippen molar-refractivity contribution in [2.45, 2.75) is 51.5 Å². The van der Waals surface area contributed by atoms with E-state index in [2.05, 4.69) is 22.8 Å². The third kappa shape index (κ3) is 4.82. The molecule has 0 radical (unpaired) electrons. The van der Waals surface area contributed by atoms with E-state index in [1.54, 1.807) is 0 Å². The van der Waals surface area contributed by atoms with E-state index < -0.39 is 0 Å². The monoisotopic (exact) mass is 344 g/mol. The smallest absolute Gasteiger partial charge is 0.308 e. The van der Waals surface area contributed by atoms with Crippen LogP contribution < -0.4 is 10.6 Å². The zero-order valence-corrected chi connectivity index (χ0v) is 15.0. The van der Waals surface area contributed by atoms with Crippen LogP contribution in [0.15, 0.2) is 18.2 Å². The Balaban J connectivity index is 1.45. The van der Waals surface area contributed by atoms with Crippen LogP contribution in [0.2, 0.25) is 0 Å². The molecule has 0 saturated heterocycles. The van der Waals surface area contributed by atoms with E-state index in [1.807, 2.05) is 6.07 Å². The summed E-state index contributed by atoms with van der Waals surface area (Å²) >= 11 is 0. The Morgan fingerprint density at radius 3 is 2.80 bits per heavy atom. The van der Waals surface area contributed by atoms with Crippen LogP contribution in [0.3, 0.4) is 0 Å². The van der Waals surface area contributed by atoms with Crippen LogP contribution in [0.1, 0.15) is 49.7 Å². The topological polar surface area (TPSA) is 67.4 Å². The number of nitrogens with one attached hydrogen (secondary N) is 2. The molecule has 1 saturated carbocycles. The number of fused-ring (bicyclic) bond motifs is 1. The van der Waals surface area contributed by atoms with Crippen molar-refractivity contribution in [1.29, 1.82) is 0 Å². The lowest BCUT2D eigenvalue weighted by Gasteiger charge is -2.27. The van der Waals surface area contributed by atoms with E-state index >= 15 is 0 Å². The Hall–Kier alpha value is -1.88. The van der Waals surface area contributed by atoms with Crippen molar-refractivity contribution in [2.24, 2.45) is 11.8 Å². The van der Waals surface area contributed by atoms with E-state index in [4.69, 9.17) is 4.74 Å². The standard InChI is InChI=1S/C20H28N2O3/c1-25-20(24)16-8-5-14(6-9-16)12-21-13-15-7-10-18-17(11-15)3-2-4-19(23)22-18/h7,10-11,14,16,21H,2-6,8-9,12-13H2,1H3,(H,22,23). The van der Waals surface area contributed by atoms with Gasteiger partial charge in [0.15, 0.2) is 0 Å². The highest BCUT2D eigenvalue weighted by molar-refractivity contribution is 5.92. The Morgan fingerprint density at radius 1 is 1.24 bits per heavy atom. The van der Waals surface area contributed by atoms with Crippen molar-refractivity contribution in [3.63, 3.8) is 0 Å². The maximum absolute atomic E-state index is 11.6. The number of hydrogen-bond acceptors (Lipinski definition) is 4. The number of ether oxygens (including phenoxy) is 1. The summed E-state index contributed by atoms with van der Waals surface area (Å²) in [5, 5.41) is 6.54. The van der Waals surface area contributed by atoms with E-state index in [0.29, 0.717) is 12.3 Å². The predicted octanol–water partition coefficient (Wildman–Crippen LogP) is 3.03. The molecule has 3 rings (SSSR count). The lowest BCUT2D eigenvalue weighted by molar-refractivity contribution is -0.146. The summed E-state index contributed by atoms with van der Waals surface area (Å²) in [7, 11) is 1.47. The second-order valence-corrected chi connectivity index (χ2v) is 7.26. The average molecular weight is 344 g/mol. The highest BCUT2D eigenvalue weighted by Gasteiger charge is 2.26. The van der Waals surface area contributed by atoms with Gasteiger partial charge in [-0.05, 0) is 68.2 Å². The van der Waals surface area contributed by atoms with Gasteiger partial charge in [0.25, 0.3) is 0 Å². The van der Waals surface area contributed by atoms with Gasteiger partial charge in [-0.2, -0.15) is 0 Å². The molecule has 1 amide bonds. The summed E-state index contributed by atoms with van der Waals surface area (Å²) in [6.07, 6.45) is 6.54. The lowest BCUT2D eigenvalue weighted by Crippen LogP contribution is -2.29. The van der Waals surface area contributed by atoms with Crippen LogP contribution in [0, 0.1) is 11.8 Å². The quantitative estimate of drug-likeness (QED) is 0.806. The predicted molar refractivity (Wildman–Crippen MR) is 97.2 cm³/mol. The minimum atomic E-state index is -0.0523. The van der Waals surface area contributed by atoms with Crippen LogP contribution in [0.25, 0.3) is 0 Å². The van der Waals surface area contributed by atoms with Crippen molar-refractivity contribution < 1.29 is 14.3 Å². The summed E-state index contributed by atoms with van der Waals surface area (Å²) in [5.41, 5.74) is 3.47. The highest BCUT2D eigenvalue weighted by atomic mass is 16.5. The second kappa shape index (κ2) is 8.48.